The van der Waals surface area contributed by atoms with E-state index in [1.54, 1.807) is 0 Å². The molecule has 4 nitrogen and oxygen atoms in total. The molecule has 6 heteroatoms. The van der Waals surface area contributed by atoms with Crippen LogP contribution in [-0.2, 0) is 0 Å². The second kappa shape index (κ2) is 10.1. The van der Waals surface area contributed by atoms with E-state index in [0.717, 1.165) is 31.5 Å². The van der Waals surface area contributed by atoms with E-state index in [0.29, 0.717) is 12.0 Å². The number of nitrogens with one attached hydrogen (secondary N) is 1. The van der Waals surface area contributed by atoms with Crippen LogP contribution in [0.25, 0.3) is 0 Å². The lowest BCUT2D eigenvalue weighted by atomic mass is 9.88. The van der Waals surface area contributed by atoms with Crippen molar-refractivity contribution < 1.29 is 0 Å². The summed E-state index contributed by atoms with van der Waals surface area (Å²) >= 11 is 1.90. The second-order valence-corrected chi connectivity index (χ2v) is 8.42. The molecule has 2 fully saturated rings. The van der Waals surface area contributed by atoms with Gasteiger partial charge in [0.25, 0.3) is 0 Å². The smallest absolute Gasteiger partial charge is 0.193 e. The maximum absolute atomic E-state index is 4.55. The highest BCUT2D eigenvalue weighted by Gasteiger charge is 2.31. The molecule has 3 heterocycles. The minimum absolute atomic E-state index is 0. The number of piperidine rings is 2. The first-order chi connectivity index (χ1) is 11.7. The average molecular weight is 476 g/mol. The normalized spacial score (nSPS) is 26.4. The third-order valence-corrected chi connectivity index (χ3v) is 6.60. The van der Waals surface area contributed by atoms with Gasteiger partial charge >= 0.3 is 0 Å². The molecule has 0 aliphatic carbocycles. The molecule has 1 aromatic heterocycles. The molecule has 2 atom stereocenters. The van der Waals surface area contributed by atoms with Crippen LogP contribution in [0.15, 0.2) is 22.5 Å². The number of guanidine groups is 1. The largest absolute Gasteiger partial charge is 0.356 e. The summed E-state index contributed by atoms with van der Waals surface area (Å²) in [6.07, 6.45) is 5.16. The summed E-state index contributed by atoms with van der Waals surface area (Å²) in [5, 5.41) is 5.89. The zero-order valence-electron chi connectivity index (χ0n) is 15.8. The number of rotatable bonds is 3. The van der Waals surface area contributed by atoms with Gasteiger partial charge in [-0.2, -0.15) is 0 Å². The van der Waals surface area contributed by atoms with Crippen molar-refractivity contribution in [2.45, 2.75) is 38.6 Å². The van der Waals surface area contributed by atoms with Gasteiger partial charge in [-0.1, -0.05) is 13.0 Å². The van der Waals surface area contributed by atoms with Crippen molar-refractivity contribution >= 4 is 41.3 Å². The molecule has 142 valence electrons. The molecule has 0 bridgehead atoms. The van der Waals surface area contributed by atoms with Gasteiger partial charge in [0.1, 0.15) is 0 Å². The van der Waals surface area contributed by atoms with Crippen LogP contribution in [0.2, 0.25) is 0 Å². The molecule has 2 unspecified atom stereocenters. The van der Waals surface area contributed by atoms with Crippen LogP contribution >= 0.6 is 35.3 Å². The van der Waals surface area contributed by atoms with Crippen LogP contribution in [0.3, 0.4) is 0 Å². The van der Waals surface area contributed by atoms with E-state index in [9.17, 15) is 0 Å². The zero-order valence-corrected chi connectivity index (χ0v) is 18.9. The molecule has 0 radical (unpaired) electrons. The number of nitrogens with zero attached hydrogens (tertiary/aromatic N) is 3. The van der Waals surface area contributed by atoms with Crippen LogP contribution in [0.1, 0.15) is 43.5 Å². The lowest BCUT2D eigenvalue weighted by Gasteiger charge is -2.40. The van der Waals surface area contributed by atoms with Gasteiger partial charge in [0.15, 0.2) is 5.96 Å². The van der Waals surface area contributed by atoms with E-state index in [-0.39, 0.29) is 24.0 Å². The Labute approximate surface area is 174 Å². The van der Waals surface area contributed by atoms with Gasteiger partial charge < -0.3 is 10.2 Å². The van der Waals surface area contributed by atoms with Crippen LogP contribution < -0.4 is 5.32 Å². The van der Waals surface area contributed by atoms with Gasteiger partial charge in [-0.25, -0.2) is 0 Å². The maximum atomic E-state index is 4.55. The quantitative estimate of drug-likeness (QED) is 0.406. The Balaban J connectivity index is 0.00000225. The molecule has 2 aliphatic rings. The van der Waals surface area contributed by atoms with E-state index in [4.69, 9.17) is 0 Å². The molecular weight excluding hydrogens is 443 g/mol. The molecule has 0 spiro atoms. The summed E-state index contributed by atoms with van der Waals surface area (Å²) in [5.74, 6) is 2.61. The number of hydrogen-bond acceptors (Lipinski definition) is 3. The first kappa shape index (κ1) is 21.0. The number of hydrogen-bond donors (Lipinski definition) is 1. The molecule has 3 rings (SSSR count). The molecule has 0 saturated carbocycles. The summed E-state index contributed by atoms with van der Waals surface area (Å²) < 4.78 is 0. The maximum Gasteiger partial charge on any atom is 0.193 e. The van der Waals surface area contributed by atoms with E-state index in [1.807, 2.05) is 18.4 Å². The van der Waals surface area contributed by atoms with Crippen molar-refractivity contribution in [1.82, 2.24) is 15.1 Å². The zero-order chi connectivity index (χ0) is 16.9. The molecule has 2 saturated heterocycles. The highest BCUT2D eigenvalue weighted by atomic mass is 127. The average Bonchev–Trinajstić information content (AvgIpc) is 3.11. The Hall–Kier alpha value is -0.340. The molecule has 1 N–H and O–H groups in total. The monoisotopic (exact) mass is 476 g/mol. The Bertz CT molecular complexity index is 526. The fourth-order valence-corrected chi connectivity index (χ4v) is 5.14. The Morgan fingerprint density at radius 2 is 2.04 bits per heavy atom. The van der Waals surface area contributed by atoms with Crippen molar-refractivity contribution in [2.24, 2.45) is 16.8 Å². The van der Waals surface area contributed by atoms with Crippen molar-refractivity contribution in [2.75, 3.05) is 40.3 Å². The van der Waals surface area contributed by atoms with Crippen LogP contribution in [0, 0.1) is 11.8 Å². The summed E-state index contributed by atoms with van der Waals surface area (Å²) in [7, 11) is 4.20. The third kappa shape index (κ3) is 5.32. The molecular formula is C19H33IN4S. The van der Waals surface area contributed by atoms with Gasteiger partial charge in [-0.05, 0) is 62.6 Å². The first-order valence-corrected chi connectivity index (χ1v) is 10.3. The number of halogens is 1. The topological polar surface area (TPSA) is 30.9 Å². The Morgan fingerprint density at radius 3 is 2.68 bits per heavy atom. The third-order valence-electron chi connectivity index (χ3n) is 5.66. The molecule has 2 aliphatic heterocycles. The van der Waals surface area contributed by atoms with Crippen LogP contribution in [-0.4, -0.2) is 56.0 Å². The molecule has 25 heavy (non-hydrogen) atoms. The molecule has 1 aromatic rings. The highest BCUT2D eigenvalue weighted by molar-refractivity contribution is 14.0. The summed E-state index contributed by atoms with van der Waals surface area (Å²) in [6, 6.07) is 5.02. The van der Waals surface area contributed by atoms with Gasteiger partial charge in [-0.15, -0.1) is 35.3 Å². The van der Waals surface area contributed by atoms with Crippen molar-refractivity contribution in [3.05, 3.63) is 22.4 Å². The van der Waals surface area contributed by atoms with Crippen LogP contribution in [0.5, 0.6) is 0 Å². The Kier molecular flexibility index (Phi) is 8.48. The Morgan fingerprint density at radius 1 is 1.28 bits per heavy atom. The summed E-state index contributed by atoms with van der Waals surface area (Å²) in [5.41, 5.74) is 0. The minimum atomic E-state index is 0. The predicted molar refractivity (Wildman–Crippen MR) is 119 cm³/mol. The number of likely N-dealkylation sites (tertiary alicyclic amines) is 2. The van der Waals surface area contributed by atoms with Gasteiger partial charge in [0.2, 0.25) is 0 Å². The van der Waals surface area contributed by atoms with Gasteiger partial charge in [-0.3, -0.25) is 9.89 Å². The lowest BCUT2D eigenvalue weighted by Crippen LogP contribution is -2.48. The lowest BCUT2D eigenvalue weighted by molar-refractivity contribution is 0.124. The standard InChI is InChI=1S/C19H32N4S.HI/c1-15-8-11-23(12-9-15)19(20-2)21-14-16-6-4-10-22(3)18(16)17-7-5-13-24-17;/h5,7,13,15-16,18H,4,6,8-12,14H2,1-3H3,(H,20,21);1H. The number of thiophene rings is 1. The second-order valence-electron chi connectivity index (χ2n) is 7.44. The van der Waals surface area contributed by atoms with Gasteiger partial charge in [0, 0.05) is 37.6 Å². The summed E-state index contributed by atoms with van der Waals surface area (Å²) in [6.45, 7) is 6.86. The molecule has 0 amide bonds. The van der Waals surface area contributed by atoms with Crippen LogP contribution in [0.4, 0.5) is 0 Å². The van der Waals surface area contributed by atoms with Crippen molar-refractivity contribution in [3.8, 4) is 0 Å². The minimum Gasteiger partial charge on any atom is -0.356 e. The molecule has 0 aromatic carbocycles. The summed E-state index contributed by atoms with van der Waals surface area (Å²) in [4.78, 5) is 11.0. The van der Waals surface area contributed by atoms with Crippen molar-refractivity contribution in [3.63, 3.8) is 0 Å². The highest BCUT2D eigenvalue weighted by Crippen LogP contribution is 2.36. The predicted octanol–water partition coefficient (Wildman–Crippen LogP) is 4.06. The van der Waals surface area contributed by atoms with Gasteiger partial charge in [0.05, 0.1) is 0 Å². The SMILES string of the molecule is CN=C(NCC1CCCN(C)C1c1cccs1)N1CCC(C)CC1.I. The van der Waals surface area contributed by atoms with E-state index >= 15 is 0 Å². The van der Waals surface area contributed by atoms with E-state index < -0.39 is 0 Å². The van der Waals surface area contributed by atoms with E-state index in [2.05, 4.69) is 51.6 Å². The fourth-order valence-electron chi connectivity index (χ4n) is 4.16. The van der Waals surface area contributed by atoms with E-state index in [1.165, 1.54) is 37.1 Å². The van der Waals surface area contributed by atoms with Crippen molar-refractivity contribution in [1.29, 1.82) is 0 Å². The first-order valence-electron chi connectivity index (χ1n) is 9.38. The fraction of sp³-hybridized carbons (Fsp3) is 0.737. The number of aliphatic imine (C=N–C) groups is 1.